The van der Waals surface area contributed by atoms with Crippen molar-refractivity contribution in [1.82, 2.24) is 9.03 Å². The summed E-state index contributed by atoms with van der Waals surface area (Å²) in [5, 5.41) is 8.53. The third-order valence-corrected chi connectivity index (χ3v) is 5.36. The van der Waals surface area contributed by atoms with Gasteiger partial charge in [0.05, 0.1) is 6.42 Å². The molecule has 1 saturated carbocycles. The molecule has 106 valence electrons. The summed E-state index contributed by atoms with van der Waals surface area (Å²) < 4.78 is 27.4. The molecule has 0 aromatic carbocycles. The Bertz CT molecular complexity index is 384. The SMILES string of the molecule is CCC1(CNS(=O)(=O)N(C)CCC(=O)O)CCC1. The van der Waals surface area contributed by atoms with Crippen LogP contribution in [-0.4, -0.2) is 43.9 Å². The molecule has 0 saturated heterocycles. The van der Waals surface area contributed by atoms with Crippen LogP contribution in [0, 0.1) is 5.41 Å². The van der Waals surface area contributed by atoms with E-state index in [2.05, 4.69) is 11.6 Å². The summed E-state index contributed by atoms with van der Waals surface area (Å²) in [6.45, 7) is 2.51. The number of carboxylic acid groups (broad SMARTS) is 1. The summed E-state index contributed by atoms with van der Waals surface area (Å²) in [5.41, 5.74) is 0.112. The highest BCUT2D eigenvalue weighted by Gasteiger charge is 2.36. The Hall–Kier alpha value is -0.660. The average molecular weight is 278 g/mol. The lowest BCUT2D eigenvalue weighted by atomic mass is 9.67. The molecule has 0 aliphatic heterocycles. The Morgan fingerprint density at radius 2 is 2.06 bits per heavy atom. The molecular weight excluding hydrogens is 256 g/mol. The molecule has 1 rings (SSSR count). The van der Waals surface area contributed by atoms with Gasteiger partial charge < -0.3 is 5.11 Å². The molecule has 0 spiro atoms. The summed E-state index contributed by atoms with van der Waals surface area (Å²) in [5.74, 6) is -0.999. The summed E-state index contributed by atoms with van der Waals surface area (Å²) in [4.78, 5) is 10.4. The lowest BCUT2D eigenvalue weighted by Crippen LogP contribution is -2.46. The fourth-order valence-electron chi connectivity index (χ4n) is 2.06. The molecule has 6 nitrogen and oxygen atoms in total. The Kier molecular flexibility index (Phi) is 5.12. The maximum absolute atomic E-state index is 11.9. The van der Waals surface area contributed by atoms with E-state index in [0.717, 1.165) is 30.0 Å². The number of hydrogen-bond acceptors (Lipinski definition) is 3. The molecule has 1 aliphatic carbocycles. The lowest BCUT2D eigenvalue weighted by molar-refractivity contribution is -0.137. The zero-order valence-corrected chi connectivity index (χ0v) is 11.8. The van der Waals surface area contributed by atoms with E-state index >= 15 is 0 Å². The van der Waals surface area contributed by atoms with Gasteiger partial charge in [-0.15, -0.1) is 0 Å². The Morgan fingerprint density at radius 1 is 1.44 bits per heavy atom. The minimum absolute atomic E-state index is 0.0101. The molecule has 1 fully saturated rings. The van der Waals surface area contributed by atoms with Crippen molar-refractivity contribution in [3.05, 3.63) is 0 Å². The van der Waals surface area contributed by atoms with Crippen molar-refractivity contribution in [2.75, 3.05) is 20.1 Å². The maximum atomic E-state index is 11.9. The number of nitrogens with zero attached hydrogens (tertiary/aromatic N) is 1. The van der Waals surface area contributed by atoms with Crippen LogP contribution in [0.25, 0.3) is 0 Å². The monoisotopic (exact) mass is 278 g/mol. The normalized spacial score (nSPS) is 18.6. The molecule has 0 atom stereocenters. The van der Waals surface area contributed by atoms with Crippen LogP contribution in [0.1, 0.15) is 39.0 Å². The summed E-state index contributed by atoms with van der Waals surface area (Å²) >= 11 is 0. The van der Waals surface area contributed by atoms with Crippen LogP contribution in [0.2, 0.25) is 0 Å². The van der Waals surface area contributed by atoms with Gasteiger partial charge in [0.25, 0.3) is 10.2 Å². The van der Waals surface area contributed by atoms with E-state index in [9.17, 15) is 13.2 Å². The maximum Gasteiger partial charge on any atom is 0.304 e. The first-order chi connectivity index (χ1) is 8.31. The molecule has 2 N–H and O–H groups in total. The lowest BCUT2D eigenvalue weighted by Gasteiger charge is -2.41. The first kappa shape index (κ1) is 15.4. The van der Waals surface area contributed by atoms with Crippen molar-refractivity contribution in [2.45, 2.75) is 39.0 Å². The highest BCUT2D eigenvalue weighted by molar-refractivity contribution is 7.87. The van der Waals surface area contributed by atoms with E-state index in [1.165, 1.54) is 7.05 Å². The third kappa shape index (κ3) is 3.93. The van der Waals surface area contributed by atoms with Crippen LogP contribution in [0.5, 0.6) is 0 Å². The van der Waals surface area contributed by atoms with E-state index in [1.807, 2.05) is 0 Å². The fraction of sp³-hybridized carbons (Fsp3) is 0.909. The van der Waals surface area contributed by atoms with Crippen molar-refractivity contribution in [1.29, 1.82) is 0 Å². The number of hydrogen-bond donors (Lipinski definition) is 2. The van der Waals surface area contributed by atoms with Crippen molar-refractivity contribution in [3.63, 3.8) is 0 Å². The molecular formula is C11H22N2O4S. The van der Waals surface area contributed by atoms with Gasteiger partial charge in [0.1, 0.15) is 0 Å². The zero-order valence-electron chi connectivity index (χ0n) is 11.0. The van der Waals surface area contributed by atoms with Crippen molar-refractivity contribution in [2.24, 2.45) is 5.41 Å². The third-order valence-electron chi connectivity index (χ3n) is 3.84. The second-order valence-electron chi connectivity index (χ2n) is 5.00. The quantitative estimate of drug-likeness (QED) is 0.688. The number of carbonyl (C=O) groups is 1. The summed E-state index contributed by atoms with van der Waals surface area (Å²) in [6.07, 6.45) is 4.06. The highest BCUT2D eigenvalue weighted by atomic mass is 32.2. The van der Waals surface area contributed by atoms with Crippen molar-refractivity contribution >= 4 is 16.2 Å². The van der Waals surface area contributed by atoms with Gasteiger partial charge in [0, 0.05) is 20.1 Å². The molecule has 0 heterocycles. The minimum Gasteiger partial charge on any atom is -0.481 e. The van der Waals surface area contributed by atoms with E-state index in [1.54, 1.807) is 0 Å². The molecule has 18 heavy (non-hydrogen) atoms. The van der Waals surface area contributed by atoms with Gasteiger partial charge in [-0.2, -0.15) is 12.7 Å². The molecule has 0 aromatic heterocycles. The van der Waals surface area contributed by atoms with Crippen LogP contribution in [0.15, 0.2) is 0 Å². The smallest absolute Gasteiger partial charge is 0.304 e. The van der Waals surface area contributed by atoms with Gasteiger partial charge in [-0.25, -0.2) is 4.72 Å². The van der Waals surface area contributed by atoms with Crippen LogP contribution in [0.3, 0.4) is 0 Å². The first-order valence-electron chi connectivity index (χ1n) is 6.24. The standard InChI is InChI=1S/C11H22N2O4S/c1-3-11(6-4-7-11)9-12-18(16,17)13(2)8-5-10(14)15/h12H,3-9H2,1-2H3,(H,14,15). The first-order valence-corrected chi connectivity index (χ1v) is 7.68. The van der Waals surface area contributed by atoms with E-state index in [-0.39, 0.29) is 18.4 Å². The Morgan fingerprint density at radius 3 is 2.44 bits per heavy atom. The van der Waals surface area contributed by atoms with Gasteiger partial charge in [0.15, 0.2) is 0 Å². The van der Waals surface area contributed by atoms with Crippen LogP contribution in [-0.2, 0) is 15.0 Å². The molecule has 7 heteroatoms. The van der Waals surface area contributed by atoms with Gasteiger partial charge in [-0.05, 0) is 24.7 Å². The number of carboxylic acids is 1. The zero-order chi connectivity index (χ0) is 13.8. The number of rotatable bonds is 8. The van der Waals surface area contributed by atoms with E-state index < -0.39 is 16.2 Å². The molecule has 0 unspecified atom stereocenters. The molecule has 0 radical (unpaired) electrons. The summed E-state index contributed by atoms with van der Waals surface area (Å²) in [6, 6.07) is 0. The largest absolute Gasteiger partial charge is 0.481 e. The van der Waals surface area contributed by atoms with E-state index in [4.69, 9.17) is 5.11 Å². The van der Waals surface area contributed by atoms with Gasteiger partial charge in [-0.3, -0.25) is 4.79 Å². The second kappa shape index (κ2) is 5.99. The second-order valence-corrected chi connectivity index (χ2v) is 6.86. The predicted octanol–water partition coefficient (Wildman–Crippen LogP) is 0.808. The van der Waals surface area contributed by atoms with E-state index in [0.29, 0.717) is 6.54 Å². The molecule has 0 aromatic rings. The fourth-order valence-corrected chi connectivity index (χ4v) is 3.10. The van der Waals surface area contributed by atoms with Crippen LogP contribution >= 0.6 is 0 Å². The number of nitrogens with one attached hydrogen (secondary N) is 1. The van der Waals surface area contributed by atoms with Gasteiger partial charge in [0.2, 0.25) is 0 Å². The van der Waals surface area contributed by atoms with Crippen molar-refractivity contribution in [3.8, 4) is 0 Å². The topological polar surface area (TPSA) is 86.7 Å². The predicted molar refractivity (Wildman–Crippen MR) is 68.4 cm³/mol. The van der Waals surface area contributed by atoms with Crippen LogP contribution in [0.4, 0.5) is 0 Å². The minimum atomic E-state index is -3.56. The number of aliphatic carboxylic acids is 1. The van der Waals surface area contributed by atoms with Gasteiger partial charge >= 0.3 is 5.97 Å². The van der Waals surface area contributed by atoms with Crippen molar-refractivity contribution < 1.29 is 18.3 Å². The average Bonchev–Trinajstić information content (AvgIpc) is 2.24. The van der Waals surface area contributed by atoms with Gasteiger partial charge in [-0.1, -0.05) is 13.3 Å². The summed E-state index contributed by atoms with van der Waals surface area (Å²) in [7, 11) is -2.16. The Labute approximate surface area is 109 Å². The molecule has 1 aliphatic rings. The Balaban J connectivity index is 2.46. The molecule has 0 bridgehead atoms. The van der Waals surface area contributed by atoms with Crippen LogP contribution < -0.4 is 4.72 Å². The molecule has 0 amide bonds. The highest BCUT2D eigenvalue weighted by Crippen LogP contribution is 2.43.